The van der Waals surface area contributed by atoms with Crippen LogP contribution in [0.4, 0.5) is 0 Å². The number of likely N-dealkylation sites (tertiary alicyclic amines) is 1. The lowest BCUT2D eigenvalue weighted by Gasteiger charge is -2.15. The summed E-state index contributed by atoms with van der Waals surface area (Å²) >= 11 is 0. The Kier molecular flexibility index (Phi) is 4.99. The maximum Gasteiger partial charge on any atom is 0.257 e. The fourth-order valence-corrected chi connectivity index (χ4v) is 3.99. The molecule has 1 amide bonds. The van der Waals surface area contributed by atoms with Gasteiger partial charge in [-0.2, -0.15) is 10.1 Å². The SMILES string of the molecule is CCn1cc(C(=O)N2C[C@@H](c3cccnc3)[C@H](c3nc(-c4ccncc4)no3)C2)cn1. The van der Waals surface area contributed by atoms with Crippen LogP contribution in [-0.4, -0.2) is 53.8 Å². The third kappa shape index (κ3) is 3.70. The fourth-order valence-electron chi connectivity index (χ4n) is 3.99. The molecule has 4 aromatic heterocycles. The molecule has 9 nitrogen and oxygen atoms in total. The van der Waals surface area contributed by atoms with Crippen LogP contribution in [0.15, 0.2) is 66.0 Å². The van der Waals surface area contributed by atoms with Crippen LogP contribution in [0.3, 0.4) is 0 Å². The van der Waals surface area contributed by atoms with Crippen molar-refractivity contribution in [2.75, 3.05) is 13.1 Å². The number of aryl methyl sites for hydroxylation is 1. The smallest absolute Gasteiger partial charge is 0.257 e. The second kappa shape index (κ2) is 8.10. The van der Waals surface area contributed by atoms with E-state index in [4.69, 9.17) is 4.52 Å². The maximum atomic E-state index is 13.1. The number of pyridine rings is 2. The van der Waals surface area contributed by atoms with Crippen molar-refractivity contribution in [3.63, 3.8) is 0 Å². The minimum absolute atomic E-state index is 0.00427. The van der Waals surface area contributed by atoms with E-state index in [-0.39, 0.29) is 17.7 Å². The average Bonchev–Trinajstić information content (AvgIpc) is 3.59. The number of carbonyl (C=O) groups is 1. The van der Waals surface area contributed by atoms with Gasteiger partial charge in [0, 0.05) is 62.1 Å². The van der Waals surface area contributed by atoms with Crippen LogP contribution in [0.1, 0.15) is 40.6 Å². The standard InChI is InChI=1S/C22H21N7O2/c1-2-29-12-17(11-25-29)22(30)28-13-18(16-4-3-7-24-10-16)19(14-28)21-26-20(27-31-21)15-5-8-23-9-6-15/h3-12,18-19H,2,13-14H2,1H3/t18-,19+/m0/s1. The Bertz CT molecular complexity index is 1170. The van der Waals surface area contributed by atoms with E-state index in [1.807, 2.05) is 42.3 Å². The molecule has 9 heteroatoms. The Morgan fingerprint density at radius 1 is 1.10 bits per heavy atom. The lowest BCUT2D eigenvalue weighted by molar-refractivity contribution is 0.0788. The minimum atomic E-state index is -0.127. The van der Waals surface area contributed by atoms with Gasteiger partial charge in [0.1, 0.15) is 0 Å². The van der Waals surface area contributed by atoms with Crippen molar-refractivity contribution in [3.05, 3.63) is 78.5 Å². The van der Waals surface area contributed by atoms with Crippen molar-refractivity contribution in [1.29, 1.82) is 0 Å². The summed E-state index contributed by atoms with van der Waals surface area (Å²) in [5.41, 5.74) is 2.45. The van der Waals surface area contributed by atoms with Crippen LogP contribution in [0.2, 0.25) is 0 Å². The molecule has 0 aromatic carbocycles. The zero-order valence-electron chi connectivity index (χ0n) is 17.0. The Labute approximate surface area is 178 Å². The van der Waals surface area contributed by atoms with E-state index in [1.54, 1.807) is 35.7 Å². The molecule has 4 aromatic rings. The molecule has 0 bridgehead atoms. The first-order valence-electron chi connectivity index (χ1n) is 10.2. The molecule has 0 aliphatic carbocycles. The van der Waals surface area contributed by atoms with Crippen LogP contribution in [0, 0.1) is 0 Å². The molecule has 0 saturated carbocycles. The Hall–Kier alpha value is -3.88. The monoisotopic (exact) mass is 415 g/mol. The Morgan fingerprint density at radius 3 is 2.68 bits per heavy atom. The van der Waals surface area contributed by atoms with Gasteiger partial charge in [0.15, 0.2) is 0 Å². The Morgan fingerprint density at radius 2 is 1.94 bits per heavy atom. The predicted octanol–water partition coefficient (Wildman–Crippen LogP) is 2.77. The number of rotatable bonds is 5. The summed E-state index contributed by atoms with van der Waals surface area (Å²) < 4.78 is 7.40. The number of hydrogen-bond acceptors (Lipinski definition) is 7. The van der Waals surface area contributed by atoms with Gasteiger partial charge in [-0.05, 0) is 30.7 Å². The zero-order chi connectivity index (χ0) is 21.2. The normalized spacial score (nSPS) is 18.4. The van der Waals surface area contributed by atoms with Crippen LogP contribution >= 0.6 is 0 Å². The van der Waals surface area contributed by atoms with Gasteiger partial charge in [0.2, 0.25) is 11.7 Å². The van der Waals surface area contributed by atoms with Crippen molar-refractivity contribution in [1.82, 2.24) is 34.8 Å². The maximum absolute atomic E-state index is 13.1. The quantitative estimate of drug-likeness (QED) is 0.494. The summed E-state index contributed by atoms with van der Waals surface area (Å²) in [5, 5.41) is 8.39. The molecular weight excluding hydrogens is 394 g/mol. The number of aromatic nitrogens is 6. The fraction of sp³-hybridized carbons (Fsp3) is 0.273. The number of hydrogen-bond donors (Lipinski definition) is 0. The van der Waals surface area contributed by atoms with Gasteiger partial charge in [0.05, 0.1) is 17.7 Å². The van der Waals surface area contributed by atoms with Crippen molar-refractivity contribution in [3.8, 4) is 11.4 Å². The number of amides is 1. The van der Waals surface area contributed by atoms with E-state index in [2.05, 4.69) is 25.2 Å². The Balaban J connectivity index is 1.45. The summed E-state index contributed by atoms with van der Waals surface area (Å²) in [6, 6.07) is 7.60. The second-order valence-corrected chi connectivity index (χ2v) is 7.49. The molecule has 5 heterocycles. The van der Waals surface area contributed by atoms with Gasteiger partial charge in [-0.1, -0.05) is 11.2 Å². The third-order valence-corrected chi connectivity index (χ3v) is 5.62. The first-order valence-corrected chi connectivity index (χ1v) is 10.2. The molecule has 1 saturated heterocycles. The molecule has 2 atom stereocenters. The second-order valence-electron chi connectivity index (χ2n) is 7.49. The summed E-state index contributed by atoms with van der Waals surface area (Å²) in [7, 11) is 0. The predicted molar refractivity (Wildman–Crippen MR) is 111 cm³/mol. The van der Waals surface area contributed by atoms with Crippen LogP contribution < -0.4 is 0 Å². The molecule has 0 spiro atoms. The molecule has 1 fully saturated rings. The largest absolute Gasteiger partial charge is 0.339 e. The lowest BCUT2D eigenvalue weighted by atomic mass is 9.90. The van der Waals surface area contributed by atoms with Crippen molar-refractivity contribution in [2.45, 2.75) is 25.3 Å². The highest BCUT2D eigenvalue weighted by Gasteiger charge is 2.41. The van der Waals surface area contributed by atoms with Crippen LogP contribution in [0.25, 0.3) is 11.4 Å². The third-order valence-electron chi connectivity index (χ3n) is 5.62. The molecule has 0 unspecified atom stereocenters. The van der Waals surface area contributed by atoms with Gasteiger partial charge < -0.3 is 9.42 Å². The summed E-state index contributed by atoms with van der Waals surface area (Å²) in [5.74, 6) is 0.851. The summed E-state index contributed by atoms with van der Waals surface area (Å²) in [6.07, 6.45) is 10.4. The van der Waals surface area contributed by atoms with E-state index in [0.717, 1.165) is 11.1 Å². The van der Waals surface area contributed by atoms with Gasteiger partial charge in [-0.3, -0.25) is 19.4 Å². The van der Waals surface area contributed by atoms with Crippen molar-refractivity contribution >= 4 is 5.91 Å². The molecule has 156 valence electrons. The van der Waals surface area contributed by atoms with Crippen LogP contribution in [-0.2, 0) is 6.54 Å². The minimum Gasteiger partial charge on any atom is -0.339 e. The molecular formula is C22H21N7O2. The molecule has 1 aliphatic rings. The van der Waals surface area contributed by atoms with E-state index in [9.17, 15) is 4.79 Å². The highest BCUT2D eigenvalue weighted by Crippen LogP contribution is 2.39. The van der Waals surface area contributed by atoms with Crippen LogP contribution in [0.5, 0.6) is 0 Å². The van der Waals surface area contributed by atoms with Crippen molar-refractivity contribution in [2.24, 2.45) is 0 Å². The van der Waals surface area contributed by atoms with Gasteiger partial charge in [0.25, 0.3) is 5.91 Å². The van der Waals surface area contributed by atoms with Crippen molar-refractivity contribution < 1.29 is 9.32 Å². The van der Waals surface area contributed by atoms with Gasteiger partial charge in [-0.15, -0.1) is 0 Å². The molecule has 5 rings (SSSR count). The van der Waals surface area contributed by atoms with Gasteiger partial charge >= 0.3 is 0 Å². The topological polar surface area (TPSA) is 103 Å². The van der Waals surface area contributed by atoms with E-state index < -0.39 is 0 Å². The van der Waals surface area contributed by atoms with E-state index >= 15 is 0 Å². The van der Waals surface area contributed by atoms with E-state index in [0.29, 0.717) is 36.9 Å². The highest BCUT2D eigenvalue weighted by molar-refractivity contribution is 5.94. The first-order chi connectivity index (χ1) is 15.2. The van der Waals surface area contributed by atoms with Gasteiger partial charge in [-0.25, -0.2) is 0 Å². The molecule has 1 aliphatic heterocycles. The molecule has 0 radical (unpaired) electrons. The first kappa shape index (κ1) is 19.1. The number of nitrogens with zero attached hydrogens (tertiary/aromatic N) is 7. The average molecular weight is 415 g/mol. The zero-order valence-corrected chi connectivity index (χ0v) is 17.0. The molecule has 31 heavy (non-hydrogen) atoms. The lowest BCUT2D eigenvalue weighted by Crippen LogP contribution is -2.28. The summed E-state index contributed by atoms with van der Waals surface area (Å²) in [6.45, 7) is 3.72. The van der Waals surface area contributed by atoms with E-state index in [1.165, 1.54) is 0 Å². The summed E-state index contributed by atoms with van der Waals surface area (Å²) in [4.78, 5) is 27.9. The number of carbonyl (C=O) groups excluding carboxylic acids is 1. The highest BCUT2D eigenvalue weighted by atomic mass is 16.5. The molecule has 0 N–H and O–H groups in total.